The number of thiocarbonyl (C=S) groups is 1. The van der Waals surface area contributed by atoms with E-state index < -0.39 is 0 Å². The van der Waals surface area contributed by atoms with Gasteiger partial charge in [-0.1, -0.05) is 42.0 Å². The Labute approximate surface area is 134 Å². The van der Waals surface area contributed by atoms with Crippen LogP contribution in [0.15, 0.2) is 48.5 Å². The molecule has 0 amide bonds. The van der Waals surface area contributed by atoms with Gasteiger partial charge in [-0.15, -0.1) is 0 Å². The molecule has 110 valence electrons. The van der Waals surface area contributed by atoms with Crippen molar-refractivity contribution in [1.82, 2.24) is 0 Å². The first-order valence-corrected chi connectivity index (χ1v) is 7.29. The third kappa shape index (κ3) is 5.01. The van der Waals surface area contributed by atoms with Gasteiger partial charge >= 0.3 is 0 Å². The van der Waals surface area contributed by atoms with Crippen LogP contribution in [0.25, 0.3) is 0 Å². The van der Waals surface area contributed by atoms with Gasteiger partial charge in [0.25, 0.3) is 0 Å². The quantitative estimate of drug-likeness (QED) is 0.625. The molecular formula is C16H16ClNO2S. The predicted molar refractivity (Wildman–Crippen MR) is 88.9 cm³/mol. The van der Waals surface area contributed by atoms with Gasteiger partial charge in [0.15, 0.2) is 0 Å². The summed E-state index contributed by atoms with van der Waals surface area (Å²) in [5, 5.41) is 0.715. The van der Waals surface area contributed by atoms with Crippen molar-refractivity contribution >= 4 is 28.8 Å². The van der Waals surface area contributed by atoms with Crippen molar-refractivity contribution in [2.45, 2.75) is 6.61 Å². The summed E-state index contributed by atoms with van der Waals surface area (Å²) in [5.74, 6) is 0.761. The maximum Gasteiger partial charge on any atom is 0.119 e. The highest BCUT2D eigenvalue weighted by molar-refractivity contribution is 7.80. The maximum absolute atomic E-state index is 6.04. The Balaban J connectivity index is 1.70. The van der Waals surface area contributed by atoms with Crippen molar-refractivity contribution in [1.29, 1.82) is 0 Å². The van der Waals surface area contributed by atoms with Crippen LogP contribution in [0.4, 0.5) is 0 Å². The predicted octanol–water partition coefficient (Wildman–Crippen LogP) is 3.57. The molecule has 2 aromatic carbocycles. The number of nitrogens with two attached hydrogens (primary N) is 1. The lowest BCUT2D eigenvalue weighted by Gasteiger charge is -2.08. The topological polar surface area (TPSA) is 44.5 Å². The second-order valence-electron chi connectivity index (χ2n) is 4.38. The maximum atomic E-state index is 6.04. The third-order valence-electron chi connectivity index (χ3n) is 2.85. The van der Waals surface area contributed by atoms with Gasteiger partial charge in [-0.3, -0.25) is 0 Å². The summed E-state index contributed by atoms with van der Waals surface area (Å²) in [6.45, 7) is 1.43. The first-order valence-electron chi connectivity index (χ1n) is 6.50. The smallest absolute Gasteiger partial charge is 0.119 e. The highest BCUT2D eigenvalue weighted by Crippen LogP contribution is 2.16. The molecule has 0 spiro atoms. The highest BCUT2D eigenvalue weighted by atomic mass is 35.5. The van der Waals surface area contributed by atoms with Crippen molar-refractivity contribution in [2.24, 2.45) is 5.73 Å². The standard InChI is InChI=1S/C16H16ClNO2S/c17-15-4-2-1-3-13(15)11-19-9-10-20-14-7-5-12(6-8-14)16(18)21/h1-8H,9-11H2,(H2,18,21). The molecule has 0 bridgehead atoms. The summed E-state index contributed by atoms with van der Waals surface area (Å²) in [6.07, 6.45) is 0. The SMILES string of the molecule is NC(=S)c1ccc(OCCOCc2ccccc2Cl)cc1. The summed E-state index contributed by atoms with van der Waals surface area (Å²) in [4.78, 5) is 0.379. The van der Waals surface area contributed by atoms with Crippen LogP contribution in [-0.2, 0) is 11.3 Å². The van der Waals surface area contributed by atoms with Crippen molar-refractivity contribution < 1.29 is 9.47 Å². The number of hydrogen-bond acceptors (Lipinski definition) is 3. The molecule has 0 saturated heterocycles. The zero-order valence-electron chi connectivity index (χ0n) is 11.4. The van der Waals surface area contributed by atoms with Crippen LogP contribution < -0.4 is 10.5 Å². The molecule has 2 aromatic rings. The first-order chi connectivity index (χ1) is 10.2. The average molecular weight is 322 g/mol. The zero-order chi connectivity index (χ0) is 15.1. The Bertz CT molecular complexity index is 601. The molecule has 3 nitrogen and oxygen atoms in total. The van der Waals surface area contributed by atoms with E-state index in [2.05, 4.69) is 0 Å². The lowest BCUT2D eigenvalue weighted by Crippen LogP contribution is -2.09. The second-order valence-corrected chi connectivity index (χ2v) is 5.23. The summed E-state index contributed by atoms with van der Waals surface area (Å²) in [6, 6.07) is 15.0. The van der Waals surface area contributed by atoms with E-state index in [9.17, 15) is 0 Å². The molecule has 0 saturated carbocycles. The summed E-state index contributed by atoms with van der Waals surface area (Å²) >= 11 is 10.9. The first kappa shape index (κ1) is 15.8. The van der Waals surface area contributed by atoms with Crippen LogP contribution in [0.5, 0.6) is 5.75 Å². The van der Waals surface area contributed by atoms with E-state index >= 15 is 0 Å². The van der Waals surface area contributed by atoms with Crippen molar-refractivity contribution in [3.8, 4) is 5.75 Å². The van der Waals surface area contributed by atoms with Crippen molar-refractivity contribution in [3.63, 3.8) is 0 Å². The van der Waals surface area contributed by atoms with E-state index in [1.54, 1.807) is 0 Å². The van der Waals surface area contributed by atoms with Crippen LogP contribution in [-0.4, -0.2) is 18.2 Å². The number of rotatable bonds is 7. The molecule has 2 rings (SSSR count). The Morgan fingerprint density at radius 1 is 1.05 bits per heavy atom. The van der Waals surface area contributed by atoms with Crippen LogP contribution in [0.3, 0.4) is 0 Å². The molecule has 0 radical (unpaired) electrons. The molecule has 21 heavy (non-hydrogen) atoms. The third-order valence-corrected chi connectivity index (χ3v) is 3.46. The average Bonchev–Trinajstić information content (AvgIpc) is 2.49. The lowest BCUT2D eigenvalue weighted by atomic mass is 10.2. The van der Waals surface area contributed by atoms with Gasteiger partial charge in [0.05, 0.1) is 13.2 Å². The van der Waals surface area contributed by atoms with Crippen LogP contribution in [0.2, 0.25) is 5.02 Å². The minimum absolute atomic E-state index is 0.379. The number of ether oxygens (including phenoxy) is 2. The molecule has 0 aliphatic heterocycles. The molecule has 0 heterocycles. The molecule has 0 atom stereocenters. The summed E-state index contributed by atoms with van der Waals surface area (Å²) < 4.78 is 11.1. The Hall–Kier alpha value is -1.62. The van der Waals surface area contributed by atoms with Gasteiger partial charge in [0.1, 0.15) is 17.3 Å². The minimum atomic E-state index is 0.379. The van der Waals surface area contributed by atoms with E-state index in [4.69, 9.17) is 39.0 Å². The Kier molecular flexibility index (Phi) is 5.99. The zero-order valence-corrected chi connectivity index (χ0v) is 13.0. The summed E-state index contributed by atoms with van der Waals surface area (Å²) in [7, 11) is 0. The molecule has 2 N–H and O–H groups in total. The fraction of sp³-hybridized carbons (Fsp3) is 0.188. The van der Waals surface area contributed by atoms with Gasteiger partial charge in [-0.05, 0) is 35.9 Å². The summed E-state index contributed by atoms with van der Waals surface area (Å²) in [5.41, 5.74) is 7.33. The fourth-order valence-electron chi connectivity index (χ4n) is 1.73. The Morgan fingerprint density at radius 2 is 1.76 bits per heavy atom. The highest BCUT2D eigenvalue weighted by Gasteiger charge is 2.00. The molecule has 0 aliphatic rings. The Morgan fingerprint density at radius 3 is 2.43 bits per heavy atom. The molecule has 0 aliphatic carbocycles. The fourth-order valence-corrected chi connectivity index (χ4v) is 2.06. The van der Waals surface area contributed by atoms with Crippen molar-refractivity contribution in [2.75, 3.05) is 13.2 Å². The van der Waals surface area contributed by atoms with Crippen LogP contribution >= 0.6 is 23.8 Å². The monoisotopic (exact) mass is 321 g/mol. The minimum Gasteiger partial charge on any atom is -0.491 e. The number of benzene rings is 2. The van der Waals surface area contributed by atoms with Gasteiger partial charge < -0.3 is 15.2 Å². The number of halogens is 1. The molecule has 0 fully saturated rings. The second kappa shape index (κ2) is 7.98. The van der Waals surface area contributed by atoms with Gasteiger partial charge in [-0.2, -0.15) is 0 Å². The van der Waals surface area contributed by atoms with Crippen LogP contribution in [0, 0.1) is 0 Å². The largest absolute Gasteiger partial charge is 0.491 e. The molecule has 0 unspecified atom stereocenters. The molecule has 0 aromatic heterocycles. The van der Waals surface area contributed by atoms with E-state index in [0.717, 1.165) is 16.9 Å². The van der Waals surface area contributed by atoms with Gasteiger partial charge in [-0.25, -0.2) is 0 Å². The van der Waals surface area contributed by atoms with E-state index in [-0.39, 0.29) is 0 Å². The lowest BCUT2D eigenvalue weighted by molar-refractivity contribution is 0.0889. The van der Waals surface area contributed by atoms with Crippen molar-refractivity contribution in [3.05, 3.63) is 64.7 Å². The van der Waals surface area contributed by atoms with Gasteiger partial charge in [0.2, 0.25) is 0 Å². The normalized spacial score (nSPS) is 10.3. The van der Waals surface area contributed by atoms with E-state index in [0.29, 0.717) is 29.8 Å². The van der Waals surface area contributed by atoms with Gasteiger partial charge in [0, 0.05) is 10.6 Å². The van der Waals surface area contributed by atoms with E-state index in [1.165, 1.54) is 0 Å². The molecular weight excluding hydrogens is 306 g/mol. The number of hydrogen-bond donors (Lipinski definition) is 1. The molecule has 5 heteroatoms. The van der Waals surface area contributed by atoms with Crippen LogP contribution in [0.1, 0.15) is 11.1 Å². The van der Waals surface area contributed by atoms with E-state index in [1.807, 2.05) is 48.5 Å².